The fourth-order valence-electron chi connectivity index (χ4n) is 11.7. The third-order valence-corrected chi connectivity index (χ3v) is 14.9. The van der Waals surface area contributed by atoms with Gasteiger partial charge in [-0.3, -0.25) is 0 Å². The van der Waals surface area contributed by atoms with Gasteiger partial charge in [0, 0.05) is 27.0 Å². The van der Waals surface area contributed by atoms with Crippen molar-refractivity contribution in [2.24, 2.45) is 0 Å². The smallest absolute Gasteiger partial charge is 0.132 e. The molecule has 2 aliphatic rings. The van der Waals surface area contributed by atoms with Gasteiger partial charge in [0.2, 0.25) is 0 Å². The SMILES string of the molecule is Cc1cc(C)c(N(c2ccc3c(c2)C2(c4cc(-c5ccc(-c6ccccc6)cc5)ccc4O3)c3ccccc3-c3ccccc32)c2ccc3c4ccc(Br)cc4c4ccccc4c3c2)c(C)c1. The lowest BCUT2D eigenvalue weighted by Gasteiger charge is -2.40. The van der Waals surface area contributed by atoms with Crippen molar-refractivity contribution in [2.45, 2.75) is 26.2 Å². The van der Waals surface area contributed by atoms with Gasteiger partial charge >= 0.3 is 0 Å². The molecule has 11 aromatic carbocycles. The second-order valence-corrected chi connectivity index (χ2v) is 19.2. The average Bonchev–Trinajstić information content (AvgIpc) is 3.66. The summed E-state index contributed by atoms with van der Waals surface area (Å²) in [6, 6.07) is 78.4. The topological polar surface area (TPSA) is 12.5 Å². The molecule has 318 valence electrons. The minimum absolute atomic E-state index is 0.665. The highest BCUT2D eigenvalue weighted by Crippen LogP contribution is 2.63. The second-order valence-electron chi connectivity index (χ2n) is 18.3. The molecular formula is C64H44BrNO. The van der Waals surface area contributed by atoms with Crippen LogP contribution in [0.3, 0.4) is 0 Å². The monoisotopic (exact) mass is 921 g/mol. The van der Waals surface area contributed by atoms with E-state index in [0.29, 0.717) is 0 Å². The van der Waals surface area contributed by atoms with Gasteiger partial charge in [-0.1, -0.05) is 179 Å². The zero-order chi connectivity index (χ0) is 45.0. The zero-order valence-corrected chi connectivity index (χ0v) is 39.0. The van der Waals surface area contributed by atoms with Crippen LogP contribution in [0.1, 0.15) is 38.9 Å². The van der Waals surface area contributed by atoms with Gasteiger partial charge in [0.25, 0.3) is 0 Å². The number of ether oxygens (including phenoxy) is 1. The Balaban J connectivity index is 1.06. The summed E-state index contributed by atoms with van der Waals surface area (Å²) in [7, 11) is 0. The normalized spacial score (nSPS) is 13.0. The highest BCUT2D eigenvalue weighted by molar-refractivity contribution is 9.10. The van der Waals surface area contributed by atoms with E-state index >= 15 is 0 Å². The number of nitrogens with zero attached hydrogens (tertiary/aromatic N) is 1. The van der Waals surface area contributed by atoms with Gasteiger partial charge in [0.1, 0.15) is 11.5 Å². The number of anilines is 3. The highest BCUT2D eigenvalue weighted by atomic mass is 79.9. The van der Waals surface area contributed by atoms with Crippen molar-refractivity contribution in [3.8, 4) is 44.9 Å². The molecule has 0 atom stereocenters. The molecule has 13 rings (SSSR count). The standard InChI is InChI=1S/C64H44BrNO/c1-39-33-40(2)63(41(3)34-39)66(47-27-30-52-51-29-26-46(65)36-55(51)49-15-7-8-16-50(49)56(52)37-47)48-28-32-62-60(38-48)64(57-19-11-9-17-53(57)54-18-10-12-20-58(54)64)59-35-45(25-31-61(59)67-62)44-23-21-43(22-24-44)42-13-5-4-6-14-42/h4-38H,1-3H3. The quantitative estimate of drug-likeness (QED) is 0.160. The third kappa shape index (κ3) is 6.01. The summed E-state index contributed by atoms with van der Waals surface area (Å²) in [6.45, 7) is 6.69. The van der Waals surface area contributed by atoms with E-state index in [1.165, 1.54) is 88.1 Å². The summed E-state index contributed by atoms with van der Waals surface area (Å²) in [6.07, 6.45) is 0. The number of aryl methyl sites for hydroxylation is 3. The van der Waals surface area contributed by atoms with Crippen LogP contribution >= 0.6 is 15.9 Å². The first-order chi connectivity index (χ1) is 32.8. The molecule has 1 aliphatic carbocycles. The fourth-order valence-corrected chi connectivity index (χ4v) is 12.0. The zero-order valence-electron chi connectivity index (χ0n) is 37.4. The second kappa shape index (κ2) is 15.2. The molecule has 11 aromatic rings. The van der Waals surface area contributed by atoms with Crippen LogP contribution in [0, 0.1) is 20.8 Å². The predicted molar refractivity (Wildman–Crippen MR) is 284 cm³/mol. The molecule has 1 spiro atoms. The Bertz CT molecular complexity index is 3740. The minimum atomic E-state index is -0.665. The molecule has 67 heavy (non-hydrogen) atoms. The van der Waals surface area contributed by atoms with E-state index in [1.807, 2.05) is 0 Å². The molecule has 0 N–H and O–H groups in total. The van der Waals surface area contributed by atoms with Crippen LogP contribution in [0.15, 0.2) is 217 Å². The van der Waals surface area contributed by atoms with Gasteiger partial charge in [-0.05, 0) is 163 Å². The van der Waals surface area contributed by atoms with Crippen molar-refractivity contribution in [3.63, 3.8) is 0 Å². The molecule has 0 aromatic heterocycles. The molecule has 3 heteroatoms. The van der Waals surface area contributed by atoms with Crippen LogP contribution in [0.25, 0.3) is 65.7 Å². The Morgan fingerprint density at radius 3 is 1.52 bits per heavy atom. The van der Waals surface area contributed by atoms with E-state index < -0.39 is 5.41 Å². The van der Waals surface area contributed by atoms with Gasteiger partial charge in [-0.2, -0.15) is 0 Å². The van der Waals surface area contributed by atoms with E-state index in [-0.39, 0.29) is 0 Å². The van der Waals surface area contributed by atoms with E-state index in [0.717, 1.165) is 49.6 Å². The first-order valence-corrected chi connectivity index (χ1v) is 23.9. The largest absolute Gasteiger partial charge is 0.457 e. The van der Waals surface area contributed by atoms with Crippen LogP contribution in [0.2, 0.25) is 0 Å². The van der Waals surface area contributed by atoms with E-state index in [1.54, 1.807) is 0 Å². The molecule has 2 nitrogen and oxygen atoms in total. The van der Waals surface area contributed by atoms with E-state index in [2.05, 4.69) is 254 Å². The number of benzene rings is 11. The lowest BCUT2D eigenvalue weighted by atomic mass is 9.65. The summed E-state index contributed by atoms with van der Waals surface area (Å²) in [5.41, 5.74) is 18.4. The van der Waals surface area contributed by atoms with Crippen LogP contribution in [0.5, 0.6) is 11.5 Å². The Morgan fingerprint density at radius 1 is 0.373 bits per heavy atom. The maximum Gasteiger partial charge on any atom is 0.132 e. The van der Waals surface area contributed by atoms with Crippen molar-refractivity contribution in [1.82, 2.24) is 0 Å². The average molecular weight is 923 g/mol. The molecule has 0 radical (unpaired) electrons. The summed E-state index contributed by atoms with van der Waals surface area (Å²) in [4.78, 5) is 2.49. The Kier molecular flexibility index (Phi) is 8.97. The van der Waals surface area contributed by atoms with Gasteiger partial charge in [-0.15, -0.1) is 0 Å². The number of fused-ring (bicyclic) bond motifs is 15. The number of hydrogen-bond acceptors (Lipinski definition) is 2. The number of halogens is 1. The summed E-state index contributed by atoms with van der Waals surface area (Å²) in [5, 5.41) is 7.44. The fraction of sp³-hybridized carbons (Fsp3) is 0.0625. The number of rotatable bonds is 5. The van der Waals surface area contributed by atoms with E-state index in [9.17, 15) is 0 Å². The molecule has 0 bridgehead atoms. The molecule has 0 fully saturated rings. The van der Waals surface area contributed by atoms with Gasteiger partial charge in [-0.25, -0.2) is 0 Å². The van der Waals surface area contributed by atoms with Crippen molar-refractivity contribution in [3.05, 3.63) is 256 Å². The first kappa shape index (κ1) is 39.6. The van der Waals surface area contributed by atoms with Gasteiger partial charge in [0.15, 0.2) is 0 Å². The molecule has 0 saturated heterocycles. The molecular weight excluding hydrogens is 879 g/mol. The van der Waals surface area contributed by atoms with Crippen molar-refractivity contribution in [1.29, 1.82) is 0 Å². The van der Waals surface area contributed by atoms with Crippen LogP contribution < -0.4 is 9.64 Å². The predicted octanol–water partition coefficient (Wildman–Crippen LogP) is 18.1. The minimum Gasteiger partial charge on any atom is -0.457 e. The number of hydrogen-bond donors (Lipinski definition) is 0. The molecule has 0 unspecified atom stereocenters. The molecule has 1 heterocycles. The lowest BCUT2D eigenvalue weighted by Crippen LogP contribution is -2.32. The van der Waals surface area contributed by atoms with Crippen LogP contribution in [0.4, 0.5) is 17.1 Å². The van der Waals surface area contributed by atoms with E-state index in [4.69, 9.17) is 4.74 Å². The summed E-state index contributed by atoms with van der Waals surface area (Å²) < 4.78 is 8.18. The molecule has 1 aliphatic heterocycles. The van der Waals surface area contributed by atoms with Crippen LogP contribution in [-0.4, -0.2) is 0 Å². The van der Waals surface area contributed by atoms with Crippen molar-refractivity contribution >= 4 is 65.3 Å². The first-order valence-electron chi connectivity index (χ1n) is 23.1. The third-order valence-electron chi connectivity index (χ3n) is 14.4. The highest BCUT2D eigenvalue weighted by Gasteiger charge is 2.51. The summed E-state index contributed by atoms with van der Waals surface area (Å²) >= 11 is 3.77. The maximum atomic E-state index is 7.10. The van der Waals surface area contributed by atoms with Crippen LogP contribution in [-0.2, 0) is 5.41 Å². The van der Waals surface area contributed by atoms with Crippen molar-refractivity contribution < 1.29 is 4.74 Å². The van der Waals surface area contributed by atoms with Gasteiger partial charge < -0.3 is 9.64 Å². The Hall–Kier alpha value is -7.72. The Morgan fingerprint density at radius 2 is 0.851 bits per heavy atom. The van der Waals surface area contributed by atoms with Gasteiger partial charge in [0.05, 0.1) is 11.1 Å². The Labute approximate surface area is 399 Å². The summed E-state index contributed by atoms with van der Waals surface area (Å²) in [5.74, 6) is 1.74. The van der Waals surface area contributed by atoms with Crippen molar-refractivity contribution in [2.75, 3.05) is 4.90 Å². The molecule has 0 saturated carbocycles. The molecule has 0 amide bonds. The lowest BCUT2D eigenvalue weighted by molar-refractivity contribution is 0.436. The maximum absolute atomic E-state index is 7.10.